The molecule has 0 fully saturated rings. The summed E-state index contributed by atoms with van der Waals surface area (Å²) in [5, 5.41) is 3.01. The molecular formula is C12H19FN4O. The van der Waals surface area contributed by atoms with Gasteiger partial charge in [-0.1, -0.05) is 0 Å². The first kappa shape index (κ1) is 14.4. The Hall–Kier alpha value is -1.66. The predicted molar refractivity (Wildman–Crippen MR) is 70.9 cm³/mol. The van der Waals surface area contributed by atoms with Crippen LogP contribution in [-0.4, -0.2) is 25.7 Å². The average Bonchev–Trinajstić information content (AvgIpc) is 2.31. The first-order valence-corrected chi connectivity index (χ1v) is 5.63. The Morgan fingerprint density at radius 2 is 2.28 bits per heavy atom. The molecule has 1 unspecified atom stereocenters. The first-order chi connectivity index (χ1) is 8.56. The Morgan fingerprint density at radius 1 is 1.56 bits per heavy atom. The van der Waals surface area contributed by atoms with Crippen molar-refractivity contribution >= 4 is 11.6 Å². The molecule has 0 amide bonds. The lowest BCUT2D eigenvalue weighted by atomic mass is 10.2. The van der Waals surface area contributed by atoms with Crippen molar-refractivity contribution in [2.45, 2.75) is 19.9 Å². The Bertz CT molecular complexity index is 423. The summed E-state index contributed by atoms with van der Waals surface area (Å²) in [4.78, 5) is 4.29. The Morgan fingerprint density at radius 3 is 2.83 bits per heavy atom. The molecule has 0 saturated carbocycles. The quantitative estimate of drug-likeness (QED) is 0.329. The molecule has 18 heavy (non-hydrogen) atoms. The Labute approximate surface area is 106 Å². The van der Waals surface area contributed by atoms with Crippen molar-refractivity contribution in [3.05, 3.63) is 29.6 Å². The van der Waals surface area contributed by atoms with Gasteiger partial charge in [-0.2, -0.15) is 0 Å². The number of halogens is 1. The van der Waals surface area contributed by atoms with Crippen LogP contribution in [0.1, 0.15) is 12.5 Å². The van der Waals surface area contributed by atoms with Crippen LogP contribution < -0.4 is 16.6 Å². The lowest BCUT2D eigenvalue weighted by Crippen LogP contribution is -2.37. The van der Waals surface area contributed by atoms with Crippen LogP contribution in [-0.2, 0) is 4.74 Å². The molecule has 6 heteroatoms. The number of guanidine groups is 1. The maximum absolute atomic E-state index is 13.0. The van der Waals surface area contributed by atoms with Crippen LogP contribution in [0, 0.1) is 12.7 Å². The molecule has 1 atom stereocenters. The second-order valence-electron chi connectivity index (χ2n) is 4.01. The number of benzene rings is 1. The zero-order chi connectivity index (χ0) is 13.5. The summed E-state index contributed by atoms with van der Waals surface area (Å²) in [6.07, 6.45) is 0. The maximum atomic E-state index is 13.0. The standard InChI is InChI=1S/C12H19FN4O/c1-8-6-10(13)4-5-11(8)16-12(17-14)15-9(2)7-18-3/h4-6,9H,7,14H2,1-3H3,(H2,15,16,17). The predicted octanol–water partition coefficient (Wildman–Crippen LogP) is 1.40. The number of aliphatic imine (C=N–C) groups is 1. The molecule has 100 valence electrons. The van der Waals surface area contributed by atoms with Gasteiger partial charge in [0.1, 0.15) is 5.82 Å². The van der Waals surface area contributed by atoms with E-state index >= 15 is 0 Å². The molecule has 0 spiro atoms. The van der Waals surface area contributed by atoms with Gasteiger partial charge in [0, 0.05) is 12.8 Å². The third-order valence-electron chi connectivity index (χ3n) is 2.34. The fraction of sp³-hybridized carbons (Fsp3) is 0.417. The van der Waals surface area contributed by atoms with Crippen molar-refractivity contribution in [1.82, 2.24) is 5.43 Å². The lowest BCUT2D eigenvalue weighted by molar-refractivity contribution is 0.185. The van der Waals surface area contributed by atoms with Crippen molar-refractivity contribution in [2.24, 2.45) is 10.8 Å². The first-order valence-electron chi connectivity index (χ1n) is 5.63. The van der Waals surface area contributed by atoms with Crippen LogP contribution >= 0.6 is 0 Å². The van der Waals surface area contributed by atoms with E-state index in [2.05, 4.69) is 15.7 Å². The minimum Gasteiger partial charge on any atom is -0.382 e. The number of hydrogen-bond donors (Lipinski definition) is 3. The van der Waals surface area contributed by atoms with E-state index in [9.17, 15) is 4.39 Å². The molecule has 1 aromatic rings. The van der Waals surface area contributed by atoms with Gasteiger partial charge in [-0.15, -0.1) is 0 Å². The fourth-order valence-corrected chi connectivity index (χ4v) is 1.50. The largest absolute Gasteiger partial charge is 0.382 e. The molecule has 0 aromatic heterocycles. The minimum absolute atomic E-state index is 0.0331. The van der Waals surface area contributed by atoms with E-state index in [0.29, 0.717) is 12.6 Å². The zero-order valence-corrected chi connectivity index (χ0v) is 10.8. The van der Waals surface area contributed by atoms with E-state index in [4.69, 9.17) is 10.6 Å². The van der Waals surface area contributed by atoms with E-state index in [1.165, 1.54) is 12.1 Å². The average molecular weight is 254 g/mol. The number of hydrogen-bond acceptors (Lipinski definition) is 3. The summed E-state index contributed by atoms with van der Waals surface area (Å²) >= 11 is 0. The molecule has 0 bridgehead atoms. The topological polar surface area (TPSA) is 71.7 Å². The molecule has 0 aliphatic rings. The molecule has 0 aliphatic heterocycles. The highest BCUT2D eigenvalue weighted by atomic mass is 19.1. The molecule has 4 N–H and O–H groups in total. The highest BCUT2D eigenvalue weighted by Gasteiger charge is 2.05. The third-order valence-corrected chi connectivity index (χ3v) is 2.34. The molecule has 5 nitrogen and oxygen atoms in total. The minimum atomic E-state index is -0.273. The number of nitrogens with zero attached hydrogens (tertiary/aromatic N) is 1. The fourth-order valence-electron chi connectivity index (χ4n) is 1.50. The second kappa shape index (κ2) is 6.93. The molecule has 1 rings (SSSR count). The highest BCUT2D eigenvalue weighted by Crippen LogP contribution is 2.15. The van der Waals surface area contributed by atoms with E-state index in [1.54, 1.807) is 20.1 Å². The Balaban J connectivity index is 2.79. The SMILES string of the molecule is COCC(C)N=C(NN)Nc1ccc(F)cc1C. The van der Waals surface area contributed by atoms with Crippen LogP contribution in [0.3, 0.4) is 0 Å². The van der Waals surface area contributed by atoms with E-state index < -0.39 is 0 Å². The number of methoxy groups -OCH3 is 1. The van der Waals surface area contributed by atoms with Crippen molar-refractivity contribution in [2.75, 3.05) is 19.0 Å². The maximum Gasteiger partial charge on any atom is 0.210 e. The van der Waals surface area contributed by atoms with E-state index in [1.807, 2.05) is 6.92 Å². The summed E-state index contributed by atoms with van der Waals surface area (Å²) < 4.78 is 17.9. The number of nitrogens with one attached hydrogen (secondary N) is 2. The number of nitrogens with two attached hydrogens (primary N) is 1. The molecule has 0 radical (unpaired) electrons. The summed E-state index contributed by atoms with van der Waals surface area (Å²) in [6.45, 7) is 4.20. The van der Waals surface area contributed by atoms with Gasteiger partial charge in [-0.3, -0.25) is 5.43 Å². The van der Waals surface area contributed by atoms with Gasteiger partial charge in [0.05, 0.1) is 12.6 Å². The van der Waals surface area contributed by atoms with Crippen molar-refractivity contribution in [1.29, 1.82) is 0 Å². The van der Waals surface area contributed by atoms with Gasteiger partial charge in [0.2, 0.25) is 5.96 Å². The van der Waals surface area contributed by atoms with Gasteiger partial charge >= 0.3 is 0 Å². The van der Waals surface area contributed by atoms with Gasteiger partial charge in [0.25, 0.3) is 0 Å². The normalized spacial score (nSPS) is 13.3. The molecule has 0 aliphatic carbocycles. The number of ether oxygens (including phenoxy) is 1. The van der Waals surface area contributed by atoms with Gasteiger partial charge in [0.15, 0.2) is 0 Å². The summed E-state index contributed by atoms with van der Waals surface area (Å²) in [5.74, 6) is 5.53. The molecular weight excluding hydrogens is 235 g/mol. The van der Waals surface area contributed by atoms with Gasteiger partial charge < -0.3 is 10.1 Å². The van der Waals surface area contributed by atoms with Crippen LogP contribution in [0.15, 0.2) is 23.2 Å². The van der Waals surface area contributed by atoms with Crippen molar-refractivity contribution < 1.29 is 9.13 Å². The van der Waals surface area contributed by atoms with Crippen LogP contribution in [0.25, 0.3) is 0 Å². The van der Waals surface area contributed by atoms with E-state index in [0.717, 1.165) is 11.3 Å². The molecule has 0 heterocycles. The van der Waals surface area contributed by atoms with E-state index in [-0.39, 0.29) is 11.9 Å². The molecule has 0 saturated heterocycles. The lowest BCUT2D eigenvalue weighted by Gasteiger charge is -2.13. The highest BCUT2D eigenvalue weighted by molar-refractivity contribution is 5.93. The zero-order valence-electron chi connectivity index (χ0n) is 10.8. The number of rotatable bonds is 4. The second-order valence-corrected chi connectivity index (χ2v) is 4.01. The summed E-state index contributed by atoms with van der Waals surface area (Å²) in [7, 11) is 1.61. The number of aryl methyl sites for hydroxylation is 1. The summed E-state index contributed by atoms with van der Waals surface area (Å²) in [6, 6.07) is 4.42. The van der Waals surface area contributed by atoms with Gasteiger partial charge in [-0.05, 0) is 37.6 Å². The van der Waals surface area contributed by atoms with Gasteiger partial charge in [-0.25, -0.2) is 15.2 Å². The smallest absolute Gasteiger partial charge is 0.210 e. The van der Waals surface area contributed by atoms with Crippen LogP contribution in [0.2, 0.25) is 0 Å². The van der Waals surface area contributed by atoms with Crippen LogP contribution in [0.5, 0.6) is 0 Å². The van der Waals surface area contributed by atoms with Crippen molar-refractivity contribution in [3.8, 4) is 0 Å². The number of hydrazine groups is 1. The molecule has 1 aromatic carbocycles. The van der Waals surface area contributed by atoms with Crippen molar-refractivity contribution in [3.63, 3.8) is 0 Å². The van der Waals surface area contributed by atoms with Crippen LogP contribution in [0.4, 0.5) is 10.1 Å². The third kappa shape index (κ3) is 4.31. The summed E-state index contributed by atoms with van der Waals surface area (Å²) in [5.41, 5.74) is 3.99. The number of anilines is 1. The Kier molecular flexibility index (Phi) is 5.54. The monoisotopic (exact) mass is 254 g/mol.